The molecule has 4 unspecified atom stereocenters. The van der Waals surface area contributed by atoms with Crippen molar-refractivity contribution in [1.82, 2.24) is 0 Å². The van der Waals surface area contributed by atoms with Gasteiger partial charge in [0.15, 0.2) is 0 Å². The summed E-state index contributed by atoms with van der Waals surface area (Å²) in [7, 11) is -2.00. The van der Waals surface area contributed by atoms with Crippen LogP contribution >= 0.6 is 0 Å². The molecule has 210 valence electrons. The second-order valence-corrected chi connectivity index (χ2v) is 10.3. The minimum absolute atomic E-state index is 0.437. The summed E-state index contributed by atoms with van der Waals surface area (Å²) in [4.78, 5) is 0.437. The molecule has 0 aromatic heterocycles. The number of nitrogens with zero attached hydrogens (tertiary/aromatic N) is 1. The topological polar surface area (TPSA) is 30.9 Å². The zero-order valence-corrected chi connectivity index (χ0v) is 20.8. The molecule has 3 heterocycles. The van der Waals surface area contributed by atoms with Gasteiger partial charge >= 0.3 is 25.9 Å². The Morgan fingerprint density at radius 3 is 1.64 bits per heavy atom. The van der Waals surface area contributed by atoms with Crippen LogP contribution in [0, 0.1) is 11.3 Å². The third-order valence-electron chi connectivity index (χ3n) is 8.47. The van der Waals surface area contributed by atoms with Crippen LogP contribution in [0.1, 0.15) is 38.8 Å². The SMILES string of the molecule is CC1C=CC2(C)OB3Oc4cccc(C(F)(F)F)c4N(c4c(cccc4C(F)(F)F)O3)C2(C)C1(C)C(F)(F)F. The fraction of sp³-hybridized carbons (Fsp3) is 0.440. The molecule has 6 rings (SSSR count). The second kappa shape index (κ2) is 8.01. The van der Waals surface area contributed by atoms with Crippen LogP contribution in [0.25, 0.3) is 0 Å². The minimum Gasteiger partial charge on any atom is -0.499 e. The molecule has 0 fully saturated rings. The summed E-state index contributed by atoms with van der Waals surface area (Å²) in [6, 6.07) is 5.06. The number of anilines is 2. The van der Waals surface area contributed by atoms with E-state index >= 15 is 13.2 Å². The van der Waals surface area contributed by atoms with Crippen LogP contribution in [0.15, 0.2) is 48.6 Å². The molecule has 4 nitrogen and oxygen atoms in total. The van der Waals surface area contributed by atoms with E-state index in [-0.39, 0.29) is 0 Å². The Morgan fingerprint density at radius 1 is 0.769 bits per heavy atom. The number of allylic oxidation sites excluding steroid dienone is 1. The average Bonchev–Trinajstić information content (AvgIpc) is 2.78. The number of halogens is 9. The zero-order valence-electron chi connectivity index (χ0n) is 20.8. The molecule has 2 aromatic rings. The van der Waals surface area contributed by atoms with Gasteiger partial charge in [0.25, 0.3) is 0 Å². The first-order chi connectivity index (χ1) is 17.8. The Balaban J connectivity index is 2.06. The molecule has 0 saturated heterocycles. The molecule has 4 atom stereocenters. The average molecular weight is 565 g/mol. The summed E-state index contributed by atoms with van der Waals surface area (Å²) in [5.74, 6) is -2.72. The van der Waals surface area contributed by atoms with E-state index in [0.29, 0.717) is 17.0 Å². The van der Waals surface area contributed by atoms with Gasteiger partial charge in [0, 0.05) is 0 Å². The van der Waals surface area contributed by atoms with Gasteiger partial charge in [-0.25, -0.2) is 0 Å². The van der Waals surface area contributed by atoms with Crippen molar-refractivity contribution in [2.75, 3.05) is 4.90 Å². The van der Waals surface area contributed by atoms with Gasteiger partial charge in [0.05, 0.1) is 39.1 Å². The molecular weight excluding hydrogens is 544 g/mol. The number of para-hydroxylation sites is 2. The maximum absolute atomic E-state index is 15.2. The van der Waals surface area contributed by atoms with E-state index in [9.17, 15) is 26.3 Å². The van der Waals surface area contributed by atoms with Crippen molar-refractivity contribution in [3.8, 4) is 11.5 Å². The number of hydrogen-bond acceptors (Lipinski definition) is 4. The third kappa shape index (κ3) is 3.59. The summed E-state index contributed by atoms with van der Waals surface area (Å²) >= 11 is 0. The predicted octanol–water partition coefficient (Wildman–Crippen LogP) is 7.94. The van der Waals surface area contributed by atoms with E-state index in [1.807, 2.05) is 0 Å². The summed E-state index contributed by atoms with van der Waals surface area (Å²) in [5.41, 5.74) is -12.8. The minimum atomic E-state index is -5.19. The molecule has 0 saturated carbocycles. The highest BCUT2D eigenvalue weighted by molar-refractivity contribution is 6.39. The zero-order chi connectivity index (χ0) is 29.0. The van der Waals surface area contributed by atoms with E-state index < -0.39 is 82.3 Å². The van der Waals surface area contributed by atoms with Crippen molar-refractivity contribution in [1.29, 1.82) is 0 Å². The van der Waals surface area contributed by atoms with Crippen molar-refractivity contribution in [2.24, 2.45) is 11.3 Å². The summed E-state index contributed by atoms with van der Waals surface area (Å²) < 4.78 is 150. The summed E-state index contributed by atoms with van der Waals surface area (Å²) in [6.45, 7) is 4.12. The van der Waals surface area contributed by atoms with Crippen LogP contribution in [0.4, 0.5) is 50.9 Å². The first-order valence-electron chi connectivity index (χ1n) is 11.8. The van der Waals surface area contributed by atoms with Gasteiger partial charge in [-0.15, -0.1) is 0 Å². The normalized spacial score (nSPS) is 30.3. The molecule has 0 radical (unpaired) electrons. The molecule has 39 heavy (non-hydrogen) atoms. The maximum atomic E-state index is 15.2. The summed E-state index contributed by atoms with van der Waals surface area (Å²) in [6.07, 6.45) is -13.1. The van der Waals surface area contributed by atoms with Gasteiger partial charge < -0.3 is 18.9 Å². The quantitative estimate of drug-likeness (QED) is 0.185. The van der Waals surface area contributed by atoms with Crippen LogP contribution in [-0.4, -0.2) is 24.6 Å². The van der Waals surface area contributed by atoms with E-state index in [0.717, 1.165) is 45.0 Å². The maximum Gasteiger partial charge on any atom is 0.788 e. The predicted molar refractivity (Wildman–Crippen MR) is 122 cm³/mol. The summed E-state index contributed by atoms with van der Waals surface area (Å²) in [5, 5.41) is 0. The molecular formula is C25H21BF9NO3. The third-order valence-corrected chi connectivity index (χ3v) is 8.47. The highest BCUT2D eigenvalue weighted by Gasteiger charge is 2.75. The largest absolute Gasteiger partial charge is 0.788 e. The number of rotatable bonds is 0. The van der Waals surface area contributed by atoms with Crippen molar-refractivity contribution >= 4 is 18.7 Å². The Bertz CT molecular complexity index is 1290. The number of alkyl halides is 9. The Morgan fingerprint density at radius 2 is 1.23 bits per heavy atom. The van der Waals surface area contributed by atoms with Crippen molar-refractivity contribution in [2.45, 2.75) is 57.4 Å². The lowest BCUT2D eigenvalue weighted by Crippen LogP contribution is -2.77. The Labute approximate surface area is 217 Å². The fourth-order valence-electron chi connectivity index (χ4n) is 5.98. The highest BCUT2D eigenvalue weighted by Crippen LogP contribution is 2.67. The molecule has 2 aromatic carbocycles. The Kier molecular flexibility index (Phi) is 5.66. The lowest BCUT2D eigenvalue weighted by Gasteiger charge is -2.65. The number of benzene rings is 2. The van der Waals surface area contributed by atoms with Crippen LogP contribution in [0.3, 0.4) is 0 Å². The highest BCUT2D eigenvalue weighted by atomic mass is 19.4. The standard InChI is InChI=1S/C25H21BF9NO3/c1-13-11-12-20(2)22(4,21(13,3)25(33,34)35)36-18-14(23(27,28)29)7-5-9-16(18)37-26(39-20)38-17-10-6-8-15(19(17)36)24(30,31)32/h5-13H,1-4H3. The molecule has 0 amide bonds. The molecule has 14 heteroatoms. The van der Waals surface area contributed by atoms with Gasteiger partial charge in [-0.2, -0.15) is 39.5 Å². The van der Waals surface area contributed by atoms with E-state index in [4.69, 9.17) is 14.0 Å². The molecule has 1 aliphatic carbocycles. The van der Waals surface area contributed by atoms with E-state index in [1.165, 1.54) is 19.1 Å². The molecule has 4 aliphatic rings. The lowest BCUT2D eigenvalue weighted by atomic mass is 9.53. The molecule has 3 aliphatic heterocycles. The first-order valence-corrected chi connectivity index (χ1v) is 11.8. The Hall–Kier alpha value is -3.03. The molecule has 0 N–H and O–H groups in total. The molecule has 0 spiro atoms. The van der Waals surface area contributed by atoms with Crippen LogP contribution < -0.4 is 14.2 Å². The van der Waals surface area contributed by atoms with Gasteiger partial charge in [0.2, 0.25) is 0 Å². The van der Waals surface area contributed by atoms with Gasteiger partial charge in [-0.3, -0.25) is 0 Å². The van der Waals surface area contributed by atoms with E-state index in [1.54, 1.807) is 0 Å². The molecule has 2 bridgehead atoms. The van der Waals surface area contributed by atoms with Crippen molar-refractivity contribution in [3.63, 3.8) is 0 Å². The van der Waals surface area contributed by atoms with Crippen LogP contribution in [0.2, 0.25) is 0 Å². The second-order valence-electron chi connectivity index (χ2n) is 10.3. The van der Waals surface area contributed by atoms with E-state index in [2.05, 4.69) is 0 Å². The van der Waals surface area contributed by atoms with Crippen LogP contribution in [0.5, 0.6) is 11.5 Å². The smallest absolute Gasteiger partial charge is 0.499 e. The van der Waals surface area contributed by atoms with Gasteiger partial charge in [-0.1, -0.05) is 31.2 Å². The monoisotopic (exact) mass is 565 g/mol. The van der Waals surface area contributed by atoms with Crippen LogP contribution in [-0.2, 0) is 17.0 Å². The lowest BCUT2D eigenvalue weighted by molar-refractivity contribution is -0.271. The first kappa shape index (κ1) is 27.5. The van der Waals surface area contributed by atoms with Crippen molar-refractivity contribution in [3.05, 3.63) is 59.7 Å². The van der Waals surface area contributed by atoms with Gasteiger partial charge in [-0.05, 0) is 51.0 Å². The van der Waals surface area contributed by atoms with Crippen molar-refractivity contribution < 1.29 is 53.5 Å². The number of hydrogen-bond donors (Lipinski definition) is 0. The fourth-order valence-corrected chi connectivity index (χ4v) is 5.98. The van der Waals surface area contributed by atoms with Gasteiger partial charge in [0.1, 0.15) is 11.5 Å².